The van der Waals surface area contributed by atoms with Crippen LogP contribution in [0.5, 0.6) is 0 Å². The van der Waals surface area contributed by atoms with Gasteiger partial charge in [0.15, 0.2) is 6.10 Å². The quantitative estimate of drug-likeness (QED) is 0.0261. The molecule has 434 valence electrons. The number of ether oxygens (including phenoxy) is 3. The van der Waals surface area contributed by atoms with Crippen molar-refractivity contribution in [2.45, 2.75) is 335 Å². The molecule has 1 atom stereocenters. The third-order valence-electron chi connectivity index (χ3n) is 14.2. The highest BCUT2D eigenvalue weighted by atomic mass is 16.6. The molecule has 0 heterocycles. The average Bonchev–Trinajstić information content (AvgIpc) is 3.41. The van der Waals surface area contributed by atoms with Crippen LogP contribution >= 0.6 is 0 Å². The van der Waals surface area contributed by atoms with Crippen LogP contribution in [-0.2, 0) is 28.6 Å². The van der Waals surface area contributed by atoms with E-state index < -0.39 is 6.10 Å². The van der Waals surface area contributed by atoms with Crippen LogP contribution in [0.4, 0.5) is 0 Å². The minimum atomic E-state index is -0.779. The molecule has 0 saturated carbocycles. The average molecular weight is 1050 g/mol. The summed E-state index contributed by atoms with van der Waals surface area (Å²) in [5, 5.41) is 0. The summed E-state index contributed by atoms with van der Waals surface area (Å²) in [6.07, 6.45) is 82.0. The van der Waals surface area contributed by atoms with Crippen molar-refractivity contribution in [3.05, 3.63) is 72.9 Å². The summed E-state index contributed by atoms with van der Waals surface area (Å²) in [5.41, 5.74) is 0. The van der Waals surface area contributed by atoms with Gasteiger partial charge >= 0.3 is 17.9 Å². The Bertz CT molecular complexity index is 1390. The van der Waals surface area contributed by atoms with Crippen LogP contribution in [0.15, 0.2) is 72.9 Å². The number of allylic oxidation sites excluding steroid dienone is 12. The summed E-state index contributed by atoms with van der Waals surface area (Å²) >= 11 is 0. The Morgan fingerprint density at radius 1 is 0.280 bits per heavy atom. The van der Waals surface area contributed by atoms with E-state index in [1.807, 2.05) is 0 Å². The third-order valence-corrected chi connectivity index (χ3v) is 14.2. The maximum Gasteiger partial charge on any atom is 0.306 e. The van der Waals surface area contributed by atoms with Gasteiger partial charge in [-0.25, -0.2) is 0 Å². The van der Waals surface area contributed by atoms with Crippen molar-refractivity contribution in [2.24, 2.45) is 0 Å². The van der Waals surface area contributed by atoms with Crippen LogP contribution in [-0.4, -0.2) is 37.2 Å². The zero-order valence-electron chi connectivity index (χ0n) is 49.8. The van der Waals surface area contributed by atoms with Crippen LogP contribution < -0.4 is 0 Å². The standard InChI is InChI=1S/C69H122O6/c1-4-7-10-13-16-19-22-25-28-30-31-32-33-34-35-36-37-38-39-40-42-44-47-50-53-56-59-62-68(71)74-65-66(64-73-67(70)61-58-55-52-49-46-43-27-24-21-18-15-12-9-6-3)75-69(72)63-60-57-54-51-48-45-41-29-26-23-20-17-14-11-8-5-2/h7,10,15-16,18-19,24-25,27-28,31-32,66H,4-6,8-9,11-14,17,20-23,26,29-30,33-65H2,1-3H3/b10-7-,18-15-,19-16-,27-24-,28-25-,32-31-. The number of rotatable bonds is 59. The lowest BCUT2D eigenvalue weighted by atomic mass is 10.0. The zero-order valence-corrected chi connectivity index (χ0v) is 49.8. The summed E-state index contributed by atoms with van der Waals surface area (Å²) in [7, 11) is 0. The molecule has 0 aliphatic rings. The Morgan fingerprint density at radius 3 is 0.853 bits per heavy atom. The Hall–Kier alpha value is -3.15. The fourth-order valence-corrected chi connectivity index (χ4v) is 9.34. The molecule has 1 unspecified atom stereocenters. The van der Waals surface area contributed by atoms with Crippen LogP contribution in [0.2, 0.25) is 0 Å². The van der Waals surface area contributed by atoms with Crippen LogP contribution in [0, 0.1) is 0 Å². The fraction of sp³-hybridized carbons (Fsp3) is 0.783. The van der Waals surface area contributed by atoms with Gasteiger partial charge in [0.25, 0.3) is 0 Å². The summed E-state index contributed by atoms with van der Waals surface area (Å²) in [6.45, 7) is 6.52. The van der Waals surface area contributed by atoms with Crippen molar-refractivity contribution < 1.29 is 28.6 Å². The van der Waals surface area contributed by atoms with Gasteiger partial charge in [0.1, 0.15) is 13.2 Å². The van der Waals surface area contributed by atoms with Gasteiger partial charge in [-0.3, -0.25) is 14.4 Å². The maximum absolute atomic E-state index is 12.9. The summed E-state index contributed by atoms with van der Waals surface area (Å²) in [6, 6.07) is 0. The van der Waals surface area contributed by atoms with Crippen molar-refractivity contribution in [1.29, 1.82) is 0 Å². The minimum absolute atomic E-state index is 0.0763. The normalized spacial score (nSPS) is 12.5. The number of unbranched alkanes of at least 4 members (excludes halogenated alkanes) is 36. The highest BCUT2D eigenvalue weighted by Gasteiger charge is 2.19. The molecule has 0 spiro atoms. The molecule has 6 nitrogen and oxygen atoms in total. The van der Waals surface area contributed by atoms with Crippen LogP contribution in [0.3, 0.4) is 0 Å². The number of carbonyl (C=O) groups excluding carboxylic acids is 3. The molecule has 0 aliphatic heterocycles. The molecular formula is C69H122O6. The van der Waals surface area contributed by atoms with Gasteiger partial charge in [-0.15, -0.1) is 0 Å². The molecule has 0 N–H and O–H groups in total. The van der Waals surface area contributed by atoms with E-state index in [0.717, 1.165) is 103 Å². The van der Waals surface area contributed by atoms with Crippen molar-refractivity contribution in [3.63, 3.8) is 0 Å². The molecule has 6 heteroatoms. The molecule has 0 bridgehead atoms. The molecular weight excluding hydrogens is 925 g/mol. The van der Waals surface area contributed by atoms with Gasteiger partial charge in [0.2, 0.25) is 0 Å². The van der Waals surface area contributed by atoms with Crippen molar-refractivity contribution in [2.75, 3.05) is 13.2 Å². The Morgan fingerprint density at radius 2 is 0.533 bits per heavy atom. The predicted octanol–water partition coefficient (Wildman–Crippen LogP) is 22.1. The lowest BCUT2D eigenvalue weighted by Gasteiger charge is -2.18. The SMILES string of the molecule is CC/C=C\C/C=C\C/C=C\C/C=C\CCCCCCCCCCCCCCCCC(=O)OCC(COC(=O)CCCCCCC/C=C\C/C=C\CCCC)OC(=O)CCCCCCCCCCCCCCCCCC. The van der Waals surface area contributed by atoms with E-state index in [2.05, 4.69) is 93.7 Å². The summed E-state index contributed by atoms with van der Waals surface area (Å²) in [4.78, 5) is 38.3. The first-order valence-electron chi connectivity index (χ1n) is 32.4. The maximum atomic E-state index is 12.9. The smallest absolute Gasteiger partial charge is 0.306 e. The molecule has 75 heavy (non-hydrogen) atoms. The second kappa shape index (κ2) is 63.4. The van der Waals surface area contributed by atoms with E-state index in [0.29, 0.717) is 19.3 Å². The van der Waals surface area contributed by atoms with Gasteiger partial charge in [-0.2, -0.15) is 0 Å². The topological polar surface area (TPSA) is 78.9 Å². The monoisotopic (exact) mass is 1050 g/mol. The lowest BCUT2D eigenvalue weighted by molar-refractivity contribution is -0.167. The summed E-state index contributed by atoms with van der Waals surface area (Å²) in [5.74, 6) is -0.873. The second-order valence-electron chi connectivity index (χ2n) is 21.6. The molecule has 0 saturated heterocycles. The van der Waals surface area contributed by atoms with E-state index in [1.54, 1.807) is 0 Å². The Kier molecular flexibility index (Phi) is 60.7. The van der Waals surface area contributed by atoms with Gasteiger partial charge in [-0.05, 0) is 83.5 Å². The van der Waals surface area contributed by atoms with E-state index in [-0.39, 0.29) is 31.1 Å². The predicted molar refractivity (Wildman–Crippen MR) is 325 cm³/mol. The highest BCUT2D eigenvalue weighted by Crippen LogP contribution is 2.17. The Labute approximate surface area is 465 Å². The third kappa shape index (κ3) is 61.6. The first-order valence-corrected chi connectivity index (χ1v) is 32.4. The van der Waals surface area contributed by atoms with Gasteiger partial charge in [0, 0.05) is 19.3 Å². The molecule has 0 rings (SSSR count). The first-order chi connectivity index (χ1) is 37.0. The summed E-state index contributed by atoms with van der Waals surface area (Å²) < 4.78 is 16.9. The molecule has 0 aromatic heterocycles. The van der Waals surface area contributed by atoms with E-state index >= 15 is 0 Å². The largest absolute Gasteiger partial charge is 0.462 e. The number of hydrogen-bond acceptors (Lipinski definition) is 6. The van der Waals surface area contributed by atoms with Gasteiger partial charge < -0.3 is 14.2 Å². The molecule has 0 fully saturated rings. The highest BCUT2D eigenvalue weighted by molar-refractivity contribution is 5.71. The molecule has 0 aliphatic carbocycles. The minimum Gasteiger partial charge on any atom is -0.462 e. The van der Waals surface area contributed by atoms with Crippen LogP contribution in [0.1, 0.15) is 329 Å². The Balaban J connectivity index is 4.25. The van der Waals surface area contributed by atoms with E-state index in [1.165, 1.54) is 186 Å². The lowest BCUT2D eigenvalue weighted by Crippen LogP contribution is -2.30. The van der Waals surface area contributed by atoms with Crippen molar-refractivity contribution in [1.82, 2.24) is 0 Å². The van der Waals surface area contributed by atoms with Gasteiger partial charge in [-0.1, -0.05) is 299 Å². The van der Waals surface area contributed by atoms with Crippen molar-refractivity contribution >= 4 is 17.9 Å². The van der Waals surface area contributed by atoms with Crippen molar-refractivity contribution in [3.8, 4) is 0 Å². The number of esters is 3. The van der Waals surface area contributed by atoms with E-state index in [9.17, 15) is 14.4 Å². The molecule has 0 aromatic carbocycles. The molecule has 0 amide bonds. The fourth-order valence-electron chi connectivity index (χ4n) is 9.34. The van der Waals surface area contributed by atoms with Crippen LogP contribution in [0.25, 0.3) is 0 Å². The number of hydrogen-bond donors (Lipinski definition) is 0. The zero-order chi connectivity index (χ0) is 54.3. The van der Waals surface area contributed by atoms with Gasteiger partial charge in [0.05, 0.1) is 0 Å². The van der Waals surface area contributed by atoms with E-state index in [4.69, 9.17) is 14.2 Å². The molecule has 0 aromatic rings. The first kappa shape index (κ1) is 71.8. The number of carbonyl (C=O) groups is 3. The second-order valence-corrected chi connectivity index (χ2v) is 21.6. The molecule has 0 radical (unpaired) electrons.